The zero-order valence-corrected chi connectivity index (χ0v) is 7.01. The molecule has 0 saturated carbocycles. The normalized spacial score (nSPS) is 27.7. The van der Waals surface area contributed by atoms with Crippen molar-refractivity contribution in [3.8, 4) is 0 Å². The molecule has 2 atom stereocenters. The van der Waals surface area contributed by atoms with E-state index in [1.165, 1.54) is 0 Å². The summed E-state index contributed by atoms with van der Waals surface area (Å²) in [5.41, 5.74) is 5.51. The number of carbonyl (C=O) groups excluding carboxylic acids is 1. The van der Waals surface area contributed by atoms with Crippen LogP contribution in [0.1, 0.15) is 6.42 Å². The number of amides is 1. The maximum Gasteiger partial charge on any atom is 0.326 e. The number of nitrogens with zero attached hydrogens (tertiary/aromatic N) is 1. The lowest BCUT2D eigenvalue weighted by atomic mass is 10.2. The molecular formula is C7H12N2O4. The van der Waals surface area contributed by atoms with Gasteiger partial charge >= 0.3 is 5.97 Å². The second kappa shape index (κ2) is 3.71. The summed E-state index contributed by atoms with van der Waals surface area (Å²) < 4.78 is 0. The number of hydrogen-bond donors (Lipinski definition) is 3. The summed E-state index contributed by atoms with van der Waals surface area (Å²) in [6.07, 6.45) is 0.251. The molecule has 1 aliphatic heterocycles. The van der Waals surface area contributed by atoms with Crippen LogP contribution in [0, 0.1) is 0 Å². The minimum Gasteiger partial charge on any atom is -0.480 e. The predicted octanol–water partition coefficient (Wildman–Crippen LogP) is -2.01. The Bertz CT molecular complexity index is 231. The van der Waals surface area contributed by atoms with Crippen LogP contribution in [0.4, 0.5) is 0 Å². The van der Waals surface area contributed by atoms with Crippen molar-refractivity contribution in [1.29, 1.82) is 0 Å². The Morgan fingerprint density at radius 1 is 1.54 bits per heavy atom. The van der Waals surface area contributed by atoms with Gasteiger partial charge in [-0.3, -0.25) is 4.79 Å². The van der Waals surface area contributed by atoms with Gasteiger partial charge in [0.05, 0.1) is 0 Å². The lowest BCUT2D eigenvalue weighted by Crippen LogP contribution is -2.42. The summed E-state index contributed by atoms with van der Waals surface area (Å²) in [6, 6.07) is -1.19. The van der Waals surface area contributed by atoms with Gasteiger partial charge in [0.1, 0.15) is 12.6 Å². The first-order valence-electron chi connectivity index (χ1n) is 3.95. The van der Waals surface area contributed by atoms with Gasteiger partial charge in [0, 0.05) is 12.6 Å². The van der Waals surface area contributed by atoms with Crippen LogP contribution >= 0.6 is 0 Å². The van der Waals surface area contributed by atoms with Crippen LogP contribution in [0.15, 0.2) is 0 Å². The van der Waals surface area contributed by atoms with E-state index in [0.29, 0.717) is 0 Å². The van der Waals surface area contributed by atoms with Crippen LogP contribution in [0.2, 0.25) is 0 Å². The summed E-state index contributed by atoms with van der Waals surface area (Å²) in [6.45, 7) is -0.465. The van der Waals surface area contributed by atoms with Crippen molar-refractivity contribution in [2.45, 2.75) is 18.5 Å². The summed E-state index contributed by atoms with van der Waals surface area (Å²) in [5, 5.41) is 17.3. The van der Waals surface area contributed by atoms with Crippen molar-refractivity contribution in [2.75, 3.05) is 13.2 Å². The topological polar surface area (TPSA) is 104 Å². The van der Waals surface area contributed by atoms with E-state index in [1.54, 1.807) is 0 Å². The first-order valence-corrected chi connectivity index (χ1v) is 3.95. The summed E-state index contributed by atoms with van der Waals surface area (Å²) >= 11 is 0. The monoisotopic (exact) mass is 188 g/mol. The molecule has 1 aliphatic rings. The molecule has 1 rings (SSSR count). The SMILES string of the molecule is N[C@@H]1C[C@H](C(=O)O)N(C(=O)CO)C1. The third-order valence-electron chi connectivity index (χ3n) is 2.07. The molecule has 13 heavy (non-hydrogen) atoms. The Morgan fingerprint density at radius 2 is 2.15 bits per heavy atom. The molecule has 0 unspecified atom stereocenters. The molecule has 0 aromatic carbocycles. The van der Waals surface area contributed by atoms with Gasteiger partial charge < -0.3 is 20.8 Å². The number of rotatable bonds is 2. The van der Waals surface area contributed by atoms with Gasteiger partial charge in [0.15, 0.2) is 0 Å². The van der Waals surface area contributed by atoms with Crippen molar-refractivity contribution < 1.29 is 19.8 Å². The third-order valence-corrected chi connectivity index (χ3v) is 2.07. The molecule has 0 radical (unpaired) electrons. The Hall–Kier alpha value is -1.14. The number of carboxylic acids is 1. The third kappa shape index (κ3) is 1.96. The van der Waals surface area contributed by atoms with Gasteiger partial charge in [-0.05, 0) is 6.42 Å². The van der Waals surface area contributed by atoms with E-state index >= 15 is 0 Å². The lowest BCUT2D eigenvalue weighted by molar-refractivity contribution is -0.149. The highest BCUT2D eigenvalue weighted by Crippen LogP contribution is 2.16. The quantitative estimate of drug-likeness (QED) is 0.464. The van der Waals surface area contributed by atoms with E-state index < -0.39 is 24.5 Å². The fourth-order valence-electron chi connectivity index (χ4n) is 1.47. The fraction of sp³-hybridized carbons (Fsp3) is 0.714. The molecule has 0 aromatic rings. The second-order valence-electron chi connectivity index (χ2n) is 3.05. The minimum atomic E-state index is -1.07. The number of hydrogen-bond acceptors (Lipinski definition) is 4. The Kier molecular flexibility index (Phi) is 2.84. The van der Waals surface area contributed by atoms with E-state index in [4.69, 9.17) is 15.9 Å². The number of carbonyl (C=O) groups is 2. The summed E-state index contributed by atoms with van der Waals surface area (Å²) in [7, 11) is 0. The first-order chi connectivity index (χ1) is 6.06. The fourth-order valence-corrected chi connectivity index (χ4v) is 1.47. The van der Waals surface area contributed by atoms with Gasteiger partial charge in [-0.1, -0.05) is 0 Å². The van der Waals surface area contributed by atoms with E-state index in [0.717, 1.165) is 4.90 Å². The highest BCUT2D eigenvalue weighted by atomic mass is 16.4. The number of aliphatic hydroxyl groups excluding tert-OH is 1. The molecule has 0 bridgehead atoms. The zero-order chi connectivity index (χ0) is 10.0. The predicted molar refractivity (Wildman–Crippen MR) is 42.8 cm³/mol. The van der Waals surface area contributed by atoms with Crippen molar-refractivity contribution in [2.24, 2.45) is 5.73 Å². The Labute approximate surface area is 74.9 Å². The number of carboxylic acid groups (broad SMARTS) is 1. The van der Waals surface area contributed by atoms with Crippen LogP contribution in [-0.2, 0) is 9.59 Å². The van der Waals surface area contributed by atoms with E-state index in [9.17, 15) is 9.59 Å². The molecule has 0 aromatic heterocycles. The van der Waals surface area contributed by atoms with Crippen molar-refractivity contribution in [1.82, 2.24) is 4.90 Å². The molecule has 74 valence electrons. The Balaban J connectivity index is 2.71. The second-order valence-corrected chi connectivity index (χ2v) is 3.05. The smallest absolute Gasteiger partial charge is 0.326 e. The maximum absolute atomic E-state index is 11.0. The molecule has 1 heterocycles. The maximum atomic E-state index is 11.0. The highest BCUT2D eigenvalue weighted by Gasteiger charge is 2.37. The number of likely N-dealkylation sites (tertiary alicyclic amines) is 1. The van der Waals surface area contributed by atoms with Crippen LogP contribution in [0.3, 0.4) is 0 Å². The molecule has 4 N–H and O–H groups in total. The van der Waals surface area contributed by atoms with E-state index in [1.807, 2.05) is 0 Å². The number of aliphatic carboxylic acids is 1. The summed E-state index contributed by atoms with van der Waals surface area (Å²) in [5.74, 6) is -1.66. The minimum absolute atomic E-state index is 0.205. The Morgan fingerprint density at radius 3 is 2.62 bits per heavy atom. The van der Waals surface area contributed by atoms with Crippen LogP contribution in [-0.4, -0.2) is 52.2 Å². The average Bonchev–Trinajstić information content (AvgIpc) is 2.46. The van der Waals surface area contributed by atoms with Gasteiger partial charge in [-0.15, -0.1) is 0 Å². The van der Waals surface area contributed by atoms with E-state index in [2.05, 4.69) is 0 Å². The zero-order valence-electron chi connectivity index (χ0n) is 7.01. The molecule has 6 heteroatoms. The van der Waals surface area contributed by atoms with Crippen LogP contribution < -0.4 is 5.73 Å². The van der Waals surface area contributed by atoms with Gasteiger partial charge in [0.25, 0.3) is 0 Å². The van der Waals surface area contributed by atoms with Gasteiger partial charge in [-0.2, -0.15) is 0 Å². The molecular weight excluding hydrogens is 176 g/mol. The van der Waals surface area contributed by atoms with Gasteiger partial charge in [-0.25, -0.2) is 4.79 Å². The number of nitrogens with two attached hydrogens (primary N) is 1. The molecule has 1 saturated heterocycles. The van der Waals surface area contributed by atoms with Crippen molar-refractivity contribution in [3.05, 3.63) is 0 Å². The summed E-state index contributed by atoms with van der Waals surface area (Å²) in [4.78, 5) is 22.8. The van der Waals surface area contributed by atoms with E-state index in [-0.39, 0.29) is 19.0 Å². The van der Waals surface area contributed by atoms with Crippen LogP contribution in [0.25, 0.3) is 0 Å². The standard InChI is InChI=1S/C7H12N2O4/c8-4-1-5(7(12)13)9(2-4)6(11)3-10/h4-5,10H,1-3,8H2,(H,12,13)/t4-,5-/m1/s1. The largest absolute Gasteiger partial charge is 0.480 e. The molecule has 6 nitrogen and oxygen atoms in total. The molecule has 0 aliphatic carbocycles. The van der Waals surface area contributed by atoms with Crippen molar-refractivity contribution in [3.63, 3.8) is 0 Å². The number of aliphatic hydroxyl groups is 1. The highest BCUT2D eigenvalue weighted by molar-refractivity contribution is 5.85. The van der Waals surface area contributed by atoms with Crippen LogP contribution in [0.5, 0.6) is 0 Å². The lowest BCUT2D eigenvalue weighted by Gasteiger charge is -2.19. The first kappa shape index (κ1) is 9.94. The van der Waals surface area contributed by atoms with Crippen molar-refractivity contribution >= 4 is 11.9 Å². The molecule has 0 spiro atoms. The molecule has 1 amide bonds. The van der Waals surface area contributed by atoms with Gasteiger partial charge in [0.2, 0.25) is 5.91 Å². The molecule has 1 fully saturated rings. The average molecular weight is 188 g/mol.